The minimum absolute atomic E-state index is 0.128. The molecule has 0 atom stereocenters. The van der Waals surface area contributed by atoms with Gasteiger partial charge in [0.1, 0.15) is 11.2 Å². The molecule has 0 radical (unpaired) electrons. The molecule has 1 heterocycles. The number of nitriles is 1. The maximum absolute atomic E-state index is 10.9. The molecule has 5 heteroatoms. The van der Waals surface area contributed by atoms with Crippen LogP contribution < -0.4 is 0 Å². The predicted octanol–water partition coefficient (Wildman–Crippen LogP) is -0.0606. The lowest BCUT2D eigenvalue weighted by atomic mass is 9.67. The first-order valence-corrected chi connectivity index (χ1v) is 3.96. The SMILES string of the molecule is Cn1nncc1C1(C#N)CC(=O)C1. The maximum Gasteiger partial charge on any atom is 0.136 e. The van der Waals surface area contributed by atoms with Crippen molar-refractivity contribution in [2.45, 2.75) is 18.3 Å². The number of hydrogen-bond acceptors (Lipinski definition) is 4. The zero-order chi connectivity index (χ0) is 9.47. The molecule has 1 aliphatic rings. The fraction of sp³-hybridized carbons (Fsp3) is 0.500. The van der Waals surface area contributed by atoms with Gasteiger partial charge in [0.05, 0.1) is 18.0 Å². The van der Waals surface area contributed by atoms with Crippen molar-refractivity contribution in [3.63, 3.8) is 0 Å². The van der Waals surface area contributed by atoms with Crippen LogP contribution in [0.4, 0.5) is 0 Å². The van der Waals surface area contributed by atoms with Crippen LogP contribution in [0.2, 0.25) is 0 Å². The summed E-state index contributed by atoms with van der Waals surface area (Å²) in [6, 6.07) is 2.17. The molecule has 0 spiro atoms. The molecule has 66 valence electrons. The number of aromatic nitrogens is 3. The van der Waals surface area contributed by atoms with E-state index in [-0.39, 0.29) is 5.78 Å². The number of hydrogen-bond donors (Lipinski definition) is 0. The van der Waals surface area contributed by atoms with Crippen molar-refractivity contribution in [1.29, 1.82) is 5.26 Å². The average molecular weight is 176 g/mol. The topological polar surface area (TPSA) is 71.6 Å². The maximum atomic E-state index is 10.9. The number of aryl methyl sites for hydroxylation is 1. The first-order chi connectivity index (χ1) is 6.18. The summed E-state index contributed by atoms with van der Waals surface area (Å²) in [5.41, 5.74) is 0.0737. The van der Waals surface area contributed by atoms with E-state index in [1.165, 1.54) is 0 Å². The highest BCUT2D eigenvalue weighted by Crippen LogP contribution is 2.39. The smallest absolute Gasteiger partial charge is 0.136 e. The number of Topliss-reactive ketones (excluding diaryl/α,β-unsaturated/α-hetero) is 1. The van der Waals surface area contributed by atoms with Crippen molar-refractivity contribution in [3.8, 4) is 6.07 Å². The van der Waals surface area contributed by atoms with Gasteiger partial charge in [-0.2, -0.15) is 5.26 Å². The standard InChI is InChI=1S/C8H8N4O/c1-12-7(4-10-11-12)8(5-9)2-6(13)3-8/h4H,2-3H2,1H3. The Kier molecular flexibility index (Phi) is 1.46. The summed E-state index contributed by atoms with van der Waals surface area (Å²) in [4.78, 5) is 10.9. The Morgan fingerprint density at radius 2 is 2.38 bits per heavy atom. The Morgan fingerprint density at radius 1 is 1.69 bits per heavy atom. The van der Waals surface area contributed by atoms with Gasteiger partial charge in [-0.05, 0) is 0 Å². The predicted molar refractivity (Wildman–Crippen MR) is 42.5 cm³/mol. The van der Waals surface area contributed by atoms with Gasteiger partial charge in [0.15, 0.2) is 0 Å². The molecule has 13 heavy (non-hydrogen) atoms. The van der Waals surface area contributed by atoms with Gasteiger partial charge < -0.3 is 0 Å². The Morgan fingerprint density at radius 3 is 2.77 bits per heavy atom. The van der Waals surface area contributed by atoms with Gasteiger partial charge in [0.25, 0.3) is 0 Å². The Labute approximate surface area is 75.0 Å². The first-order valence-electron chi connectivity index (χ1n) is 3.96. The number of carbonyl (C=O) groups excluding carboxylic acids is 1. The minimum Gasteiger partial charge on any atom is -0.300 e. The molecule has 1 aliphatic carbocycles. The minimum atomic E-state index is -0.657. The summed E-state index contributed by atoms with van der Waals surface area (Å²) in [6.45, 7) is 0. The first kappa shape index (κ1) is 7.92. The summed E-state index contributed by atoms with van der Waals surface area (Å²) >= 11 is 0. The second-order valence-corrected chi connectivity index (χ2v) is 3.33. The van der Waals surface area contributed by atoms with Crippen LogP contribution in [0.3, 0.4) is 0 Å². The monoisotopic (exact) mass is 176 g/mol. The van der Waals surface area contributed by atoms with Crippen molar-refractivity contribution < 1.29 is 4.79 Å². The highest BCUT2D eigenvalue weighted by Gasteiger charge is 2.47. The molecule has 1 saturated carbocycles. The molecule has 0 aliphatic heterocycles. The largest absolute Gasteiger partial charge is 0.300 e. The molecule has 5 nitrogen and oxygen atoms in total. The van der Waals surface area contributed by atoms with Gasteiger partial charge >= 0.3 is 0 Å². The van der Waals surface area contributed by atoms with Crippen molar-refractivity contribution in [2.75, 3.05) is 0 Å². The van der Waals surface area contributed by atoms with Crippen molar-refractivity contribution in [1.82, 2.24) is 15.0 Å². The number of ketones is 1. The van der Waals surface area contributed by atoms with E-state index < -0.39 is 5.41 Å². The lowest BCUT2D eigenvalue weighted by Gasteiger charge is -2.32. The molecule has 0 unspecified atom stereocenters. The lowest BCUT2D eigenvalue weighted by molar-refractivity contribution is -0.126. The Balaban J connectivity index is 2.41. The lowest BCUT2D eigenvalue weighted by Crippen LogP contribution is -2.41. The number of carbonyl (C=O) groups is 1. The van der Waals surface area contributed by atoms with E-state index in [0.717, 1.165) is 5.69 Å². The van der Waals surface area contributed by atoms with E-state index in [0.29, 0.717) is 12.8 Å². The van der Waals surface area contributed by atoms with Gasteiger partial charge in [-0.1, -0.05) is 5.21 Å². The third-order valence-corrected chi connectivity index (χ3v) is 2.42. The van der Waals surface area contributed by atoms with E-state index in [9.17, 15) is 4.79 Å². The quantitative estimate of drug-likeness (QED) is 0.601. The van der Waals surface area contributed by atoms with Crippen LogP contribution in [0.5, 0.6) is 0 Å². The second kappa shape index (κ2) is 2.39. The molecule has 0 saturated heterocycles. The summed E-state index contributed by atoms with van der Waals surface area (Å²) < 4.78 is 1.55. The molecule has 2 rings (SSSR count). The van der Waals surface area contributed by atoms with Gasteiger partial charge in [-0.25, -0.2) is 0 Å². The van der Waals surface area contributed by atoms with Crippen molar-refractivity contribution in [2.24, 2.45) is 7.05 Å². The Hall–Kier alpha value is -1.70. The van der Waals surface area contributed by atoms with E-state index in [1.54, 1.807) is 17.9 Å². The van der Waals surface area contributed by atoms with Crippen LogP contribution >= 0.6 is 0 Å². The summed E-state index contributed by atoms with van der Waals surface area (Å²) in [7, 11) is 1.73. The average Bonchev–Trinajstić information content (AvgIpc) is 2.46. The highest BCUT2D eigenvalue weighted by molar-refractivity contribution is 5.89. The second-order valence-electron chi connectivity index (χ2n) is 3.33. The molecular formula is C8H8N4O. The highest BCUT2D eigenvalue weighted by atomic mass is 16.1. The van der Waals surface area contributed by atoms with Crippen LogP contribution in [0.15, 0.2) is 6.20 Å². The molecule has 0 amide bonds. The molecule has 1 aromatic heterocycles. The number of nitrogens with zero attached hydrogens (tertiary/aromatic N) is 4. The van der Waals surface area contributed by atoms with E-state index in [2.05, 4.69) is 16.4 Å². The molecule has 1 fully saturated rings. The van der Waals surface area contributed by atoms with E-state index in [4.69, 9.17) is 5.26 Å². The van der Waals surface area contributed by atoms with Gasteiger partial charge in [0.2, 0.25) is 0 Å². The van der Waals surface area contributed by atoms with Crippen molar-refractivity contribution >= 4 is 5.78 Å². The summed E-state index contributed by atoms with van der Waals surface area (Å²) in [5.74, 6) is 0.128. The summed E-state index contributed by atoms with van der Waals surface area (Å²) in [6.07, 6.45) is 2.14. The van der Waals surface area contributed by atoms with E-state index >= 15 is 0 Å². The zero-order valence-corrected chi connectivity index (χ0v) is 7.19. The van der Waals surface area contributed by atoms with Crippen LogP contribution in [0.25, 0.3) is 0 Å². The molecule has 0 N–H and O–H groups in total. The normalized spacial score (nSPS) is 19.2. The molecule has 0 aromatic carbocycles. The van der Waals surface area contributed by atoms with Gasteiger partial charge in [-0.3, -0.25) is 9.48 Å². The van der Waals surface area contributed by atoms with Crippen molar-refractivity contribution in [3.05, 3.63) is 11.9 Å². The van der Waals surface area contributed by atoms with Gasteiger partial charge in [0, 0.05) is 19.9 Å². The van der Waals surface area contributed by atoms with E-state index in [1.807, 2.05) is 0 Å². The summed E-state index contributed by atoms with van der Waals surface area (Å²) in [5, 5.41) is 16.4. The number of rotatable bonds is 1. The third kappa shape index (κ3) is 0.952. The van der Waals surface area contributed by atoms with Crippen LogP contribution in [0, 0.1) is 11.3 Å². The fourth-order valence-corrected chi connectivity index (χ4v) is 1.66. The van der Waals surface area contributed by atoms with Crippen LogP contribution in [0.1, 0.15) is 18.5 Å². The molecule has 0 bridgehead atoms. The third-order valence-electron chi connectivity index (χ3n) is 2.42. The Bertz CT molecular complexity index is 393. The fourth-order valence-electron chi connectivity index (χ4n) is 1.66. The van der Waals surface area contributed by atoms with Crippen LogP contribution in [-0.2, 0) is 17.3 Å². The van der Waals surface area contributed by atoms with Gasteiger partial charge in [-0.15, -0.1) is 5.10 Å². The molecular weight excluding hydrogens is 168 g/mol. The molecule has 1 aromatic rings. The zero-order valence-electron chi connectivity index (χ0n) is 7.19. The van der Waals surface area contributed by atoms with Crippen LogP contribution in [-0.4, -0.2) is 20.8 Å².